The first-order valence-electron chi connectivity index (χ1n) is 6.36. The Morgan fingerprint density at radius 2 is 2.26 bits per heavy atom. The fraction of sp³-hybridized carbons (Fsp3) is 0.615. The van der Waals surface area contributed by atoms with E-state index >= 15 is 0 Å². The second kappa shape index (κ2) is 5.42. The van der Waals surface area contributed by atoms with E-state index in [0.29, 0.717) is 19.0 Å². The summed E-state index contributed by atoms with van der Waals surface area (Å²) in [6, 6.07) is 3.52. The molecule has 0 bridgehead atoms. The first-order chi connectivity index (χ1) is 8.94. The maximum atomic E-state index is 11.9. The van der Waals surface area contributed by atoms with E-state index in [-0.39, 0.29) is 12.2 Å². The number of hydrogen-bond donors (Lipinski definition) is 0. The molecule has 0 N–H and O–H groups in total. The van der Waals surface area contributed by atoms with E-state index in [2.05, 4.69) is 10.2 Å². The Bertz CT molecular complexity index is 431. The molecule has 0 saturated carbocycles. The van der Waals surface area contributed by atoms with E-state index < -0.39 is 5.60 Å². The van der Waals surface area contributed by atoms with Crippen LogP contribution in [0.1, 0.15) is 27.2 Å². The monoisotopic (exact) mass is 265 g/mol. The third-order valence-corrected chi connectivity index (χ3v) is 2.63. The van der Waals surface area contributed by atoms with Crippen molar-refractivity contribution in [2.24, 2.45) is 0 Å². The molecule has 2 heterocycles. The summed E-state index contributed by atoms with van der Waals surface area (Å²) >= 11 is 0. The third-order valence-electron chi connectivity index (χ3n) is 2.63. The number of likely N-dealkylation sites (tertiary alicyclic amines) is 1. The third kappa shape index (κ3) is 4.08. The van der Waals surface area contributed by atoms with Gasteiger partial charge in [-0.1, -0.05) is 0 Å². The van der Waals surface area contributed by atoms with Gasteiger partial charge >= 0.3 is 6.09 Å². The molecule has 1 amide bonds. The predicted octanol–water partition coefficient (Wildman–Crippen LogP) is 1.86. The molecule has 6 heteroatoms. The van der Waals surface area contributed by atoms with Gasteiger partial charge in [-0.2, -0.15) is 5.10 Å². The molecule has 0 aromatic carbocycles. The highest BCUT2D eigenvalue weighted by molar-refractivity contribution is 5.68. The van der Waals surface area contributed by atoms with Crippen LogP contribution in [0.2, 0.25) is 0 Å². The van der Waals surface area contributed by atoms with Crippen LogP contribution in [-0.4, -0.2) is 46.0 Å². The summed E-state index contributed by atoms with van der Waals surface area (Å²) in [6.45, 7) is 6.73. The van der Waals surface area contributed by atoms with Crippen molar-refractivity contribution in [3.63, 3.8) is 0 Å². The molecule has 1 aromatic rings. The van der Waals surface area contributed by atoms with E-state index in [0.717, 1.165) is 6.42 Å². The summed E-state index contributed by atoms with van der Waals surface area (Å²) < 4.78 is 11.0. The Labute approximate surface area is 112 Å². The average Bonchev–Trinajstić information content (AvgIpc) is 2.77. The highest BCUT2D eigenvalue weighted by Crippen LogP contribution is 2.18. The summed E-state index contributed by atoms with van der Waals surface area (Å²) in [7, 11) is 0. The summed E-state index contributed by atoms with van der Waals surface area (Å²) in [5, 5.41) is 7.61. The zero-order valence-corrected chi connectivity index (χ0v) is 11.5. The van der Waals surface area contributed by atoms with Gasteiger partial charge in [0.05, 0.1) is 6.54 Å². The van der Waals surface area contributed by atoms with Crippen LogP contribution in [0, 0.1) is 0 Å². The maximum Gasteiger partial charge on any atom is 0.410 e. The molecule has 2 rings (SSSR count). The number of carbonyl (C=O) groups excluding carboxylic acids is 1. The van der Waals surface area contributed by atoms with Crippen LogP contribution >= 0.6 is 0 Å². The van der Waals surface area contributed by atoms with Gasteiger partial charge in [-0.05, 0) is 26.8 Å². The summed E-state index contributed by atoms with van der Waals surface area (Å²) in [5.74, 6) is 0.485. The first-order valence-corrected chi connectivity index (χ1v) is 6.36. The Hall–Kier alpha value is -1.85. The van der Waals surface area contributed by atoms with Crippen LogP contribution in [0.4, 0.5) is 4.79 Å². The number of amides is 1. The molecule has 0 aliphatic carbocycles. The zero-order valence-electron chi connectivity index (χ0n) is 11.5. The van der Waals surface area contributed by atoms with Crippen molar-refractivity contribution >= 4 is 6.09 Å². The summed E-state index contributed by atoms with van der Waals surface area (Å²) in [4.78, 5) is 13.5. The topological polar surface area (TPSA) is 64.5 Å². The van der Waals surface area contributed by atoms with E-state index in [1.54, 1.807) is 23.2 Å². The van der Waals surface area contributed by atoms with Gasteiger partial charge in [0.15, 0.2) is 0 Å². The van der Waals surface area contributed by atoms with Crippen molar-refractivity contribution in [3.05, 3.63) is 18.3 Å². The molecule has 1 unspecified atom stereocenters. The van der Waals surface area contributed by atoms with Crippen LogP contribution in [0.5, 0.6) is 5.88 Å². The molecule has 1 aromatic heterocycles. The molecule has 1 aliphatic heterocycles. The van der Waals surface area contributed by atoms with Gasteiger partial charge in [0.2, 0.25) is 5.88 Å². The van der Waals surface area contributed by atoms with Gasteiger partial charge in [0.1, 0.15) is 11.7 Å². The van der Waals surface area contributed by atoms with E-state index in [4.69, 9.17) is 9.47 Å². The lowest BCUT2D eigenvalue weighted by Crippen LogP contribution is -2.36. The Kier molecular flexibility index (Phi) is 3.87. The van der Waals surface area contributed by atoms with Gasteiger partial charge in [-0.3, -0.25) is 0 Å². The minimum atomic E-state index is -0.471. The van der Waals surface area contributed by atoms with Crippen molar-refractivity contribution in [2.45, 2.75) is 38.9 Å². The predicted molar refractivity (Wildman–Crippen MR) is 68.9 cm³/mol. The normalized spacial score (nSPS) is 19.3. The lowest BCUT2D eigenvalue weighted by molar-refractivity contribution is 0.0274. The largest absolute Gasteiger partial charge is 0.471 e. The quantitative estimate of drug-likeness (QED) is 0.816. The highest BCUT2D eigenvalue weighted by Gasteiger charge is 2.31. The molecule has 1 aliphatic rings. The number of nitrogens with zero attached hydrogens (tertiary/aromatic N) is 3. The van der Waals surface area contributed by atoms with Gasteiger partial charge in [0, 0.05) is 25.2 Å². The molecular weight excluding hydrogens is 246 g/mol. The Morgan fingerprint density at radius 1 is 1.47 bits per heavy atom. The van der Waals surface area contributed by atoms with E-state index in [1.165, 1.54) is 0 Å². The fourth-order valence-electron chi connectivity index (χ4n) is 1.84. The average molecular weight is 265 g/mol. The second-order valence-electron chi connectivity index (χ2n) is 5.52. The zero-order chi connectivity index (χ0) is 13.9. The molecular formula is C13H19N3O3. The number of ether oxygens (including phenoxy) is 2. The molecule has 0 spiro atoms. The van der Waals surface area contributed by atoms with Crippen LogP contribution < -0.4 is 4.74 Å². The molecule has 1 fully saturated rings. The van der Waals surface area contributed by atoms with Crippen LogP contribution in [0.3, 0.4) is 0 Å². The fourth-order valence-corrected chi connectivity index (χ4v) is 1.84. The van der Waals surface area contributed by atoms with Crippen LogP contribution in [-0.2, 0) is 4.74 Å². The molecule has 104 valence electrons. The van der Waals surface area contributed by atoms with Gasteiger partial charge in [-0.15, -0.1) is 5.10 Å². The Balaban J connectivity index is 1.85. The van der Waals surface area contributed by atoms with Crippen molar-refractivity contribution in [1.82, 2.24) is 15.1 Å². The van der Waals surface area contributed by atoms with E-state index in [9.17, 15) is 4.79 Å². The minimum absolute atomic E-state index is 0.0516. The Morgan fingerprint density at radius 3 is 2.89 bits per heavy atom. The van der Waals surface area contributed by atoms with Gasteiger partial charge < -0.3 is 14.4 Å². The molecule has 6 nitrogen and oxygen atoms in total. The smallest absolute Gasteiger partial charge is 0.410 e. The van der Waals surface area contributed by atoms with Crippen LogP contribution in [0.15, 0.2) is 18.3 Å². The number of hydrogen-bond acceptors (Lipinski definition) is 5. The van der Waals surface area contributed by atoms with Crippen molar-refractivity contribution in [2.75, 3.05) is 13.1 Å². The lowest BCUT2D eigenvalue weighted by Gasteiger charge is -2.24. The van der Waals surface area contributed by atoms with Crippen molar-refractivity contribution in [1.29, 1.82) is 0 Å². The summed E-state index contributed by atoms with van der Waals surface area (Å²) in [5.41, 5.74) is -0.471. The van der Waals surface area contributed by atoms with Crippen molar-refractivity contribution < 1.29 is 14.3 Å². The number of aromatic nitrogens is 2. The second-order valence-corrected chi connectivity index (χ2v) is 5.52. The van der Waals surface area contributed by atoms with Crippen molar-refractivity contribution in [3.8, 4) is 5.88 Å². The number of rotatable bonds is 2. The SMILES string of the molecule is CC(C)(C)OC(=O)N1CCC(Oc2cccnn2)C1. The molecule has 1 atom stereocenters. The standard InChI is InChI=1S/C13H19N3O3/c1-13(2,3)19-12(17)16-8-6-10(9-16)18-11-5-4-7-14-15-11/h4-5,7,10H,6,8-9H2,1-3H3. The molecule has 1 saturated heterocycles. The minimum Gasteiger partial charge on any atom is -0.471 e. The van der Waals surface area contributed by atoms with Crippen LogP contribution in [0.25, 0.3) is 0 Å². The lowest BCUT2D eigenvalue weighted by atomic mass is 10.2. The van der Waals surface area contributed by atoms with Gasteiger partial charge in [-0.25, -0.2) is 4.79 Å². The maximum absolute atomic E-state index is 11.9. The molecule has 0 radical (unpaired) electrons. The highest BCUT2D eigenvalue weighted by atomic mass is 16.6. The summed E-state index contributed by atoms with van der Waals surface area (Å²) in [6.07, 6.45) is 2.02. The molecule has 19 heavy (non-hydrogen) atoms. The van der Waals surface area contributed by atoms with Gasteiger partial charge in [0.25, 0.3) is 0 Å². The number of carbonyl (C=O) groups is 1. The first kappa shape index (κ1) is 13.6. The van der Waals surface area contributed by atoms with E-state index in [1.807, 2.05) is 20.8 Å².